The van der Waals surface area contributed by atoms with E-state index in [-0.39, 0.29) is 18.4 Å². The van der Waals surface area contributed by atoms with E-state index >= 15 is 0 Å². The summed E-state index contributed by atoms with van der Waals surface area (Å²) in [6, 6.07) is 11.7. The Balaban J connectivity index is 2.06. The molecule has 1 fully saturated rings. The molecule has 1 amide bonds. The molecule has 3 rings (SSSR count). The number of rotatable bonds is 10. The first-order chi connectivity index (χ1) is 15.6. The molecule has 5 nitrogen and oxygen atoms in total. The van der Waals surface area contributed by atoms with E-state index in [4.69, 9.17) is 9.47 Å². The number of ketones is 1. The summed E-state index contributed by atoms with van der Waals surface area (Å²) in [5.41, 5.74) is 3.48. The smallest absolute Gasteiger partial charge is 0.214 e. The molecule has 0 N–H and O–H groups in total. The number of nitrogens with zero attached hydrogens (tertiary/aromatic N) is 1. The normalized spacial score (nSPS) is 13.2. The molecule has 0 bridgehead atoms. The summed E-state index contributed by atoms with van der Waals surface area (Å²) in [5, 5.41) is 0. The molecule has 1 saturated carbocycles. The van der Waals surface area contributed by atoms with Crippen LogP contribution in [0.2, 0.25) is 0 Å². The van der Waals surface area contributed by atoms with Gasteiger partial charge in [0.2, 0.25) is 6.41 Å². The molecule has 0 radical (unpaired) electrons. The maximum atomic E-state index is 12.1. The lowest BCUT2D eigenvalue weighted by Crippen LogP contribution is -2.28. The summed E-state index contributed by atoms with van der Waals surface area (Å²) in [5.74, 6) is 7.40. The quantitative estimate of drug-likeness (QED) is 0.382. The zero-order valence-electron chi connectivity index (χ0n) is 19.1. The third-order valence-corrected chi connectivity index (χ3v) is 5.78. The molecule has 0 aliphatic heterocycles. The fraction of sp³-hybridized carbons (Fsp3) is 0.407. The second-order valence-electron chi connectivity index (χ2n) is 7.97. The van der Waals surface area contributed by atoms with Gasteiger partial charge < -0.3 is 14.4 Å². The van der Waals surface area contributed by atoms with E-state index in [1.54, 1.807) is 14.0 Å². The van der Waals surface area contributed by atoms with Crippen molar-refractivity contribution in [2.45, 2.75) is 58.5 Å². The maximum Gasteiger partial charge on any atom is 0.214 e. The summed E-state index contributed by atoms with van der Waals surface area (Å²) in [7, 11) is 1.64. The molecule has 1 aliphatic rings. The first kappa shape index (κ1) is 23.4. The highest BCUT2D eigenvalue weighted by molar-refractivity contribution is 5.94. The Morgan fingerprint density at radius 3 is 2.59 bits per heavy atom. The Morgan fingerprint density at radius 1 is 1.16 bits per heavy atom. The number of ether oxygens (including phenoxy) is 2. The van der Waals surface area contributed by atoms with Gasteiger partial charge in [0.05, 0.1) is 25.4 Å². The zero-order chi connectivity index (χ0) is 22.9. The maximum absolute atomic E-state index is 12.1. The van der Waals surface area contributed by atoms with E-state index in [1.165, 1.54) is 17.7 Å². The highest BCUT2D eigenvalue weighted by Gasteiger charge is 2.20. The van der Waals surface area contributed by atoms with Gasteiger partial charge in [-0.15, -0.1) is 5.92 Å². The van der Waals surface area contributed by atoms with Crippen molar-refractivity contribution in [3.63, 3.8) is 0 Å². The molecule has 2 aromatic carbocycles. The SMILES string of the molecule is CC#CCc1ccc(N(C=O)CC(=O)CC)c(-c2ccc(OC)c(OC3CCCC3)c2)c1. The van der Waals surface area contributed by atoms with E-state index in [2.05, 4.69) is 11.8 Å². The van der Waals surface area contributed by atoms with Crippen molar-refractivity contribution < 1.29 is 19.1 Å². The number of benzene rings is 2. The number of methoxy groups -OCH3 is 1. The number of carbonyl (C=O) groups is 2. The van der Waals surface area contributed by atoms with Crippen molar-refractivity contribution in [2.75, 3.05) is 18.6 Å². The second-order valence-corrected chi connectivity index (χ2v) is 7.97. The summed E-state index contributed by atoms with van der Waals surface area (Å²) >= 11 is 0. The van der Waals surface area contributed by atoms with Crippen LogP contribution < -0.4 is 14.4 Å². The van der Waals surface area contributed by atoms with Gasteiger partial charge in [0.15, 0.2) is 17.3 Å². The van der Waals surface area contributed by atoms with Gasteiger partial charge >= 0.3 is 0 Å². The summed E-state index contributed by atoms with van der Waals surface area (Å²) in [6.45, 7) is 3.66. The van der Waals surface area contributed by atoms with Gasteiger partial charge in [-0.05, 0) is 68.0 Å². The third kappa shape index (κ3) is 5.70. The van der Waals surface area contributed by atoms with E-state index in [1.807, 2.05) is 43.3 Å². The summed E-state index contributed by atoms with van der Waals surface area (Å²) in [4.78, 5) is 25.5. The third-order valence-electron chi connectivity index (χ3n) is 5.78. The molecule has 5 heteroatoms. The topological polar surface area (TPSA) is 55.8 Å². The molecule has 168 valence electrons. The van der Waals surface area contributed by atoms with E-state index in [0.717, 1.165) is 35.9 Å². The van der Waals surface area contributed by atoms with Crippen molar-refractivity contribution in [1.82, 2.24) is 0 Å². The molecular weight excluding hydrogens is 402 g/mol. The highest BCUT2D eigenvalue weighted by Crippen LogP contribution is 2.39. The zero-order valence-corrected chi connectivity index (χ0v) is 19.1. The molecule has 0 spiro atoms. The van der Waals surface area contributed by atoms with Crippen LogP contribution in [0.5, 0.6) is 11.5 Å². The summed E-state index contributed by atoms with van der Waals surface area (Å²) < 4.78 is 11.8. The first-order valence-corrected chi connectivity index (χ1v) is 11.2. The lowest BCUT2D eigenvalue weighted by Gasteiger charge is -2.22. The van der Waals surface area contributed by atoms with Crippen LogP contribution in [0, 0.1) is 11.8 Å². The molecule has 0 unspecified atom stereocenters. The predicted molar refractivity (Wildman–Crippen MR) is 127 cm³/mol. The van der Waals surface area contributed by atoms with Gasteiger partial charge in [0.25, 0.3) is 0 Å². The Bertz CT molecular complexity index is 1010. The van der Waals surface area contributed by atoms with Crippen LogP contribution in [0.3, 0.4) is 0 Å². The van der Waals surface area contributed by atoms with Gasteiger partial charge in [-0.25, -0.2) is 0 Å². The van der Waals surface area contributed by atoms with Crippen LogP contribution in [0.25, 0.3) is 11.1 Å². The van der Waals surface area contributed by atoms with Crippen LogP contribution >= 0.6 is 0 Å². The Hall–Kier alpha value is -3.26. The van der Waals surface area contributed by atoms with Gasteiger partial charge in [-0.1, -0.05) is 25.0 Å². The molecular formula is C27H31NO4. The fourth-order valence-corrected chi connectivity index (χ4v) is 3.97. The lowest BCUT2D eigenvalue weighted by atomic mass is 9.98. The van der Waals surface area contributed by atoms with Crippen LogP contribution in [0.1, 0.15) is 51.5 Å². The Morgan fingerprint density at radius 2 is 1.94 bits per heavy atom. The number of hydrogen-bond donors (Lipinski definition) is 0. The molecule has 0 saturated heterocycles. The number of carbonyl (C=O) groups excluding carboxylic acids is 2. The highest BCUT2D eigenvalue weighted by atomic mass is 16.5. The predicted octanol–water partition coefficient (Wildman–Crippen LogP) is 5.19. The van der Waals surface area contributed by atoms with Gasteiger partial charge in [0.1, 0.15) is 0 Å². The van der Waals surface area contributed by atoms with Gasteiger partial charge in [0, 0.05) is 18.4 Å². The number of anilines is 1. The van der Waals surface area contributed by atoms with Gasteiger partial charge in [-0.2, -0.15) is 0 Å². The molecule has 32 heavy (non-hydrogen) atoms. The van der Waals surface area contributed by atoms with E-state index < -0.39 is 0 Å². The number of amides is 1. The van der Waals surface area contributed by atoms with Crippen LogP contribution in [0.4, 0.5) is 5.69 Å². The van der Waals surface area contributed by atoms with Crippen molar-refractivity contribution >= 4 is 17.9 Å². The first-order valence-electron chi connectivity index (χ1n) is 11.2. The van der Waals surface area contributed by atoms with E-state index in [9.17, 15) is 9.59 Å². The van der Waals surface area contributed by atoms with Crippen molar-refractivity contribution in [3.8, 4) is 34.5 Å². The number of hydrogen-bond acceptors (Lipinski definition) is 4. The van der Waals surface area contributed by atoms with Crippen molar-refractivity contribution in [3.05, 3.63) is 42.0 Å². The number of Topliss-reactive ketones (excluding diaryl/α,β-unsaturated/α-hetero) is 1. The summed E-state index contributed by atoms with van der Waals surface area (Å²) in [6.07, 6.45) is 6.35. The molecule has 0 heterocycles. The lowest BCUT2D eigenvalue weighted by molar-refractivity contribution is -0.118. The minimum atomic E-state index is 0.00367. The molecule has 0 aromatic heterocycles. The van der Waals surface area contributed by atoms with Crippen LogP contribution in [0.15, 0.2) is 36.4 Å². The largest absolute Gasteiger partial charge is 0.493 e. The monoisotopic (exact) mass is 433 g/mol. The Labute approximate surface area is 190 Å². The average molecular weight is 434 g/mol. The fourth-order valence-electron chi connectivity index (χ4n) is 3.97. The average Bonchev–Trinajstić information content (AvgIpc) is 3.34. The molecule has 1 aliphatic carbocycles. The van der Waals surface area contributed by atoms with Crippen molar-refractivity contribution in [2.24, 2.45) is 0 Å². The van der Waals surface area contributed by atoms with Crippen molar-refractivity contribution in [1.29, 1.82) is 0 Å². The molecule has 2 aromatic rings. The minimum absolute atomic E-state index is 0.00367. The minimum Gasteiger partial charge on any atom is -0.493 e. The van der Waals surface area contributed by atoms with Crippen LogP contribution in [-0.4, -0.2) is 32.0 Å². The van der Waals surface area contributed by atoms with E-state index in [0.29, 0.717) is 30.0 Å². The second kappa shape index (κ2) is 11.4. The Kier molecular flexibility index (Phi) is 8.33. The molecule has 0 atom stereocenters. The van der Waals surface area contributed by atoms with Crippen LogP contribution in [-0.2, 0) is 16.0 Å². The standard InChI is InChI=1S/C27H31NO4/c1-4-6-9-20-12-14-25(28(19-29)18-22(30)5-2)24(16-20)21-13-15-26(31-3)27(17-21)32-23-10-7-8-11-23/h12-17,19,23H,5,7-11,18H2,1-3H3. The van der Waals surface area contributed by atoms with Gasteiger partial charge in [-0.3, -0.25) is 9.59 Å².